The lowest BCUT2D eigenvalue weighted by Gasteiger charge is -2.54. The van der Waals surface area contributed by atoms with Gasteiger partial charge in [-0.3, -0.25) is 0 Å². The Morgan fingerprint density at radius 3 is 2.77 bits per heavy atom. The molecule has 2 fully saturated rings. The molecular formula is C24H31NO. The predicted molar refractivity (Wildman–Crippen MR) is 108 cm³/mol. The van der Waals surface area contributed by atoms with E-state index in [1.54, 1.807) is 6.07 Å². The number of piperidine rings is 1. The Balaban J connectivity index is 1.44. The molecular weight excluding hydrogens is 318 g/mol. The van der Waals surface area contributed by atoms with Gasteiger partial charge in [-0.25, -0.2) is 0 Å². The highest BCUT2D eigenvalue weighted by Crippen LogP contribution is 2.50. The number of nitrogens with zero attached hydrogens (tertiary/aromatic N) is 1. The molecule has 1 saturated heterocycles. The molecule has 138 valence electrons. The second-order valence-electron chi connectivity index (χ2n) is 8.44. The van der Waals surface area contributed by atoms with Crippen molar-refractivity contribution in [2.45, 2.75) is 56.9 Å². The quantitative estimate of drug-likeness (QED) is 0.806. The molecule has 1 heterocycles. The third-order valence-corrected chi connectivity index (χ3v) is 6.90. The van der Waals surface area contributed by atoms with Crippen LogP contribution in [0.25, 0.3) is 0 Å². The number of hydrogen-bond acceptors (Lipinski definition) is 2. The summed E-state index contributed by atoms with van der Waals surface area (Å²) in [6.45, 7) is 4.82. The van der Waals surface area contributed by atoms with Crippen LogP contribution in [0.1, 0.15) is 50.2 Å². The Labute approximate surface area is 157 Å². The highest BCUT2D eigenvalue weighted by molar-refractivity contribution is 5.35. The number of phenolic OH excluding ortho intramolecular Hbond substituents is 1. The normalized spacial score (nSPS) is 28.8. The maximum absolute atomic E-state index is 9.99. The maximum atomic E-state index is 9.99. The number of phenols is 1. The van der Waals surface area contributed by atoms with E-state index in [1.807, 2.05) is 12.1 Å². The molecule has 0 spiro atoms. The van der Waals surface area contributed by atoms with E-state index >= 15 is 0 Å². The summed E-state index contributed by atoms with van der Waals surface area (Å²) < 4.78 is 0. The van der Waals surface area contributed by atoms with Gasteiger partial charge >= 0.3 is 0 Å². The number of likely N-dealkylation sites (tertiary alicyclic amines) is 1. The molecule has 3 atom stereocenters. The fourth-order valence-corrected chi connectivity index (χ4v) is 5.48. The monoisotopic (exact) mass is 349 g/mol. The van der Waals surface area contributed by atoms with E-state index in [-0.39, 0.29) is 5.41 Å². The van der Waals surface area contributed by atoms with Crippen molar-refractivity contribution >= 4 is 0 Å². The smallest absolute Gasteiger partial charge is 0.115 e. The first kappa shape index (κ1) is 17.6. The Bertz CT molecular complexity index is 728. The van der Waals surface area contributed by atoms with Gasteiger partial charge in [0.15, 0.2) is 0 Å². The van der Waals surface area contributed by atoms with Crippen LogP contribution < -0.4 is 0 Å². The van der Waals surface area contributed by atoms with Crippen molar-refractivity contribution in [1.29, 1.82) is 0 Å². The summed E-state index contributed by atoms with van der Waals surface area (Å²) in [5.41, 5.74) is 3.08. The number of rotatable bonds is 5. The number of fused-ring (bicyclic) bond motifs is 2. The van der Waals surface area contributed by atoms with Crippen LogP contribution >= 0.6 is 0 Å². The zero-order valence-corrected chi connectivity index (χ0v) is 15.9. The Hall–Kier alpha value is -1.80. The average Bonchev–Trinajstić information content (AvgIpc) is 2.67. The van der Waals surface area contributed by atoms with Gasteiger partial charge < -0.3 is 10.0 Å². The molecule has 2 heteroatoms. The molecule has 1 N–H and O–H groups in total. The first-order valence-corrected chi connectivity index (χ1v) is 10.2. The van der Waals surface area contributed by atoms with Crippen LogP contribution in [0.3, 0.4) is 0 Å². The first-order chi connectivity index (χ1) is 12.7. The Morgan fingerprint density at radius 1 is 1.12 bits per heavy atom. The second kappa shape index (κ2) is 7.44. The first-order valence-electron chi connectivity index (χ1n) is 10.2. The van der Waals surface area contributed by atoms with Crippen molar-refractivity contribution in [2.75, 3.05) is 13.1 Å². The van der Waals surface area contributed by atoms with Crippen molar-refractivity contribution in [2.24, 2.45) is 5.92 Å². The number of hydrogen-bond donors (Lipinski definition) is 1. The van der Waals surface area contributed by atoms with Crippen molar-refractivity contribution in [3.63, 3.8) is 0 Å². The molecule has 26 heavy (non-hydrogen) atoms. The molecule has 0 unspecified atom stereocenters. The lowest BCUT2D eigenvalue weighted by Crippen LogP contribution is -2.56. The van der Waals surface area contributed by atoms with Gasteiger partial charge in [0, 0.05) is 18.0 Å². The molecule has 1 aliphatic heterocycles. The molecule has 4 rings (SSSR count). The van der Waals surface area contributed by atoms with Gasteiger partial charge in [-0.15, -0.1) is 0 Å². The van der Waals surface area contributed by atoms with E-state index in [0.29, 0.717) is 17.7 Å². The summed E-state index contributed by atoms with van der Waals surface area (Å²) in [6, 6.07) is 19.6. The molecule has 2 aliphatic rings. The van der Waals surface area contributed by atoms with Gasteiger partial charge in [-0.2, -0.15) is 0 Å². The predicted octanol–water partition coefficient (Wildman–Crippen LogP) is 5.16. The van der Waals surface area contributed by atoms with Crippen molar-refractivity contribution in [1.82, 2.24) is 4.90 Å². The summed E-state index contributed by atoms with van der Waals surface area (Å²) in [6.07, 6.45) is 7.58. The highest BCUT2D eigenvalue weighted by atomic mass is 16.3. The molecule has 1 saturated carbocycles. The van der Waals surface area contributed by atoms with Gasteiger partial charge in [0.05, 0.1) is 0 Å². The number of aryl methyl sites for hydroxylation is 1. The fourth-order valence-electron chi connectivity index (χ4n) is 5.48. The molecule has 0 aromatic heterocycles. The summed E-state index contributed by atoms with van der Waals surface area (Å²) >= 11 is 0. The summed E-state index contributed by atoms with van der Waals surface area (Å²) in [4.78, 5) is 2.76. The Kier molecular flexibility index (Phi) is 5.04. The summed E-state index contributed by atoms with van der Waals surface area (Å²) in [5, 5.41) is 9.99. The minimum absolute atomic E-state index is 0.261. The van der Waals surface area contributed by atoms with E-state index < -0.39 is 0 Å². The van der Waals surface area contributed by atoms with Gasteiger partial charge in [-0.05, 0) is 67.8 Å². The maximum Gasteiger partial charge on any atom is 0.115 e. The molecule has 1 aliphatic carbocycles. The topological polar surface area (TPSA) is 23.5 Å². The van der Waals surface area contributed by atoms with Crippen molar-refractivity contribution < 1.29 is 5.11 Å². The van der Waals surface area contributed by atoms with Gasteiger partial charge in [-0.1, -0.05) is 55.8 Å². The second-order valence-corrected chi connectivity index (χ2v) is 8.44. The van der Waals surface area contributed by atoms with Crippen LogP contribution in [-0.2, 0) is 11.8 Å². The summed E-state index contributed by atoms with van der Waals surface area (Å²) in [7, 11) is 0. The largest absolute Gasteiger partial charge is 0.508 e. The third kappa shape index (κ3) is 3.40. The lowest BCUT2D eigenvalue weighted by atomic mass is 9.58. The number of aromatic hydroxyl groups is 1. The zero-order valence-electron chi connectivity index (χ0n) is 15.9. The number of benzene rings is 2. The van der Waals surface area contributed by atoms with E-state index in [4.69, 9.17) is 0 Å². The molecule has 2 nitrogen and oxygen atoms in total. The van der Waals surface area contributed by atoms with Crippen LogP contribution in [0.5, 0.6) is 5.75 Å². The van der Waals surface area contributed by atoms with E-state index in [9.17, 15) is 5.11 Å². The van der Waals surface area contributed by atoms with Crippen LogP contribution in [0.2, 0.25) is 0 Å². The van der Waals surface area contributed by atoms with Crippen molar-refractivity contribution in [3.8, 4) is 5.75 Å². The highest BCUT2D eigenvalue weighted by Gasteiger charge is 2.47. The Morgan fingerprint density at radius 2 is 1.96 bits per heavy atom. The lowest BCUT2D eigenvalue weighted by molar-refractivity contribution is 0.00933. The SMILES string of the molecule is C[C@@H]1CN(CCCc2ccccc2)[C@H]2CCC[C@]1(c1cccc(O)c1)C2. The van der Waals surface area contributed by atoms with Crippen LogP contribution in [0.4, 0.5) is 0 Å². The van der Waals surface area contributed by atoms with E-state index in [2.05, 4.69) is 48.2 Å². The van der Waals surface area contributed by atoms with Gasteiger partial charge in [0.25, 0.3) is 0 Å². The minimum Gasteiger partial charge on any atom is -0.508 e. The van der Waals surface area contributed by atoms with Gasteiger partial charge in [0.1, 0.15) is 5.75 Å². The van der Waals surface area contributed by atoms with Crippen molar-refractivity contribution in [3.05, 3.63) is 65.7 Å². The van der Waals surface area contributed by atoms with Gasteiger partial charge in [0.2, 0.25) is 0 Å². The minimum atomic E-state index is 0.261. The molecule has 2 bridgehead atoms. The summed E-state index contributed by atoms with van der Waals surface area (Å²) in [5.74, 6) is 1.05. The van der Waals surface area contributed by atoms with E-state index in [0.717, 1.165) is 0 Å². The standard InChI is InChI=1S/C24H31NO/c1-19-18-25(15-7-10-20-8-3-2-4-9-20)22-12-6-14-24(19,17-22)21-11-5-13-23(26)16-21/h2-5,8-9,11,13,16,19,22,26H,6-7,10,12,14-15,17-18H2,1H3/t19-,22+,24+/m1/s1. The molecule has 2 aromatic rings. The van der Waals surface area contributed by atoms with Crippen LogP contribution in [0, 0.1) is 5.92 Å². The molecule has 0 amide bonds. The third-order valence-electron chi connectivity index (χ3n) is 6.90. The fraction of sp³-hybridized carbons (Fsp3) is 0.500. The van der Waals surface area contributed by atoms with E-state index in [1.165, 1.54) is 62.7 Å². The van der Waals surface area contributed by atoms with Crippen LogP contribution in [0.15, 0.2) is 54.6 Å². The van der Waals surface area contributed by atoms with Crippen LogP contribution in [-0.4, -0.2) is 29.1 Å². The molecule has 2 aromatic carbocycles. The molecule has 0 radical (unpaired) electrons. The average molecular weight is 350 g/mol. The zero-order chi connectivity index (χ0) is 18.0.